The van der Waals surface area contributed by atoms with Crippen LogP contribution in [0, 0.1) is 6.92 Å². The molecule has 0 spiro atoms. The lowest BCUT2D eigenvalue weighted by Gasteiger charge is -2.32. The van der Waals surface area contributed by atoms with Crippen molar-refractivity contribution < 1.29 is 9.53 Å². The van der Waals surface area contributed by atoms with Crippen LogP contribution >= 0.6 is 24.0 Å². The number of carbonyl (C=O) groups is 1. The van der Waals surface area contributed by atoms with Gasteiger partial charge in [0, 0.05) is 32.7 Å². The smallest absolute Gasteiger partial charge is 0.409 e. The molecule has 0 aromatic carbocycles. The maximum atomic E-state index is 11.8. The van der Waals surface area contributed by atoms with Crippen LogP contribution in [-0.2, 0) is 18.3 Å². The number of aryl methyl sites for hydroxylation is 1. The molecular weight excluding hydrogens is 473 g/mol. The highest BCUT2D eigenvalue weighted by Crippen LogP contribution is 2.11. The number of hydrogen-bond donors (Lipinski definition) is 2. The number of ether oxygens (including phenoxy) is 1. The summed E-state index contributed by atoms with van der Waals surface area (Å²) < 4.78 is 7.03. The topological polar surface area (TPSA) is 96.7 Å². The Kier molecular flexibility index (Phi) is 11.2. The van der Waals surface area contributed by atoms with Crippen molar-refractivity contribution in [3.05, 3.63) is 11.6 Å². The molecule has 9 nitrogen and oxygen atoms in total. The Morgan fingerprint density at radius 1 is 1.29 bits per heavy atom. The van der Waals surface area contributed by atoms with Crippen molar-refractivity contribution in [2.45, 2.75) is 59.0 Å². The van der Waals surface area contributed by atoms with Gasteiger partial charge in [0.15, 0.2) is 11.8 Å². The van der Waals surface area contributed by atoms with Gasteiger partial charge in [-0.1, -0.05) is 13.3 Å². The second kappa shape index (κ2) is 12.8. The van der Waals surface area contributed by atoms with Gasteiger partial charge in [0.1, 0.15) is 12.4 Å². The molecule has 1 aliphatic heterocycles. The van der Waals surface area contributed by atoms with E-state index >= 15 is 0 Å². The van der Waals surface area contributed by atoms with E-state index < -0.39 is 0 Å². The summed E-state index contributed by atoms with van der Waals surface area (Å²) in [4.78, 5) is 18.3. The molecule has 1 fully saturated rings. The van der Waals surface area contributed by atoms with Crippen LogP contribution in [0.25, 0.3) is 0 Å². The van der Waals surface area contributed by atoms with Crippen LogP contribution in [0.3, 0.4) is 0 Å². The van der Waals surface area contributed by atoms with E-state index in [9.17, 15) is 4.79 Å². The van der Waals surface area contributed by atoms with Crippen LogP contribution < -0.4 is 10.6 Å². The van der Waals surface area contributed by atoms with Gasteiger partial charge >= 0.3 is 6.09 Å². The molecule has 0 bridgehead atoms. The number of hydrogen-bond acceptors (Lipinski definition) is 5. The minimum absolute atomic E-state index is 0. The molecule has 2 N–H and O–H groups in total. The van der Waals surface area contributed by atoms with Crippen LogP contribution in [0.15, 0.2) is 4.99 Å². The summed E-state index contributed by atoms with van der Waals surface area (Å²) in [5.41, 5.74) is 0. The zero-order valence-corrected chi connectivity index (χ0v) is 19.7. The Bertz CT molecular complexity index is 627. The molecule has 10 heteroatoms. The summed E-state index contributed by atoms with van der Waals surface area (Å²) in [6, 6.07) is 0.282. The van der Waals surface area contributed by atoms with Gasteiger partial charge in [-0.05, 0) is 33.1 Å². The molecule has 0 unspecified atom stereocenters. The van der Waals surface area contributed by atoms with Crippen LogP contribution in [-0.4, -0.2) is 64.0 Å². The van der Waals surface area contributed by atoms with E-state index in [1.807, 2.05) is 25.5 Å². The van der Waals surface area contributed by atoms with Crippen molar-refractivity contribution in [1.82, 2.24) is 30.3 Å². The molecule has 1 saturated heterocycles. The summed E-state index contributed by atoms with van der Waals surface area (Å²) in [5.74, 6) is 2.50. The van der Waals surface area contributed by atoms with E-state index in [1.165, 1.54) is 0 Å². The van der Waals surface area contributed by atoms with Crippen molar-refractivity contribution in [3.8, 4) is 0 Å². The predicted octanol–water partition coefficient (Wildman–Crippen LogP) is 2.20. The minimum Gasteiger partial charge on any atom is -0.450 e. The quantitative estimate of drug-likeness (QED) is 0.254. The number of unbranched alkanes of at least 4 members (excludes halogenated alkanes) is 1. The van der Waals surface area contributed by atoms with Crippen molar-refractivity contribution in [2.24, 2.45) is 12.0 Å². The Morgan fingerprint density at radius 3 is 2.57 bits per heavy atom. The molecule has 160 valence electrons. The lowest BCUT2D eigenvalue weighted by Crippen LogP contribution is -2.50. The second-order valence-corrected chi connectivity index (χ2v) is 6.77. The van der Waals surface area contributed by atoms with Crippen molar-refractivity contribution >= 4 is 36.0 Å². The predicted molar refractivity (Wildman–Crippen MR) is 120 cm³/mol. The SMILES string of the molecule is CCCCNC(=NCc1nnc(C)n1C)NC1CCN(C(=O)OCC)CC1.I. The standard InChI is InChI=1S/C18H33N7O2.HI/c1-5-7-10-19-17(20-13-16-23-22-14(3)24(16)4)21-15-8-11-25(12-9-15)18(26)27-6-2;/h15H,5-13H2,1-4H3,(H2,19,20,21);1H. The normalized spacial score (nSPS) is 15.1. The molecule has 0 aliphatic carbocycles. The number of nitrogens with one attached hydrogen (secondary N) is 2. The van der Waals surface area contributed by atoms with E-state index in [1.54, 1.807) is 4.90 Å². The van der Waals surface area contributed by atoms with E-state index in [0.717, 1.165) is 49.8 Å². The zero-order valence-electron chi connectivity index (χ0n) is 17.4. The molecule has 0 atom stereocenters. The Labute approximate surface area is 184 Å². The van der Waals surface area contributed by atoms with E-state index in [4.69, 9.17) is 4.74 Å². The number of aromatic nitrogens is 3. The first-order valence-corrected chi connectivity index (χ1v) is 9.86. The molecule has 2 heterocycles. The maximum Gasteiger partial charge on any atom is 0.409 e. The number of aliphatic imine (C=N–C) groups is 1. The second-order valence-electron chi connectivity index (χ2n) is 6.77. The number of likely N-dealkylation sites (tertiary alicyclic amines) is 1. The van der Waals surface area contributed by atoms with Gasteiger partial charge in [-0.3, -0.25) is 0 Å². The number of rotatable bonds is 7. The van der Waals surface area contributed by atoms with Crippen molar-refractivity contribution in [1.29, 1.82) is 0 Å². The summed E-state index contributed by atoms with van der Waals surface area (Å²) >= 11 is 0. The maximum absolute atomic E-state index is 11.8. The van der Waals surface area contributed by atoms with Gasteiger partial charge in [0.2, 0.25) is 0 Å². The van der Waals surface area contributed by atoms with Crippen molar-refractivity contribution in [2.75, 3.05) is 26.2 Å². The van der Waals surface area contributed by atoms with Gasteiger partial charge in [-0.25, -0.2) is 9.79 Å². The Hall–Kier alpha value is -1.59. The number of amides is 1. The van der Waals surface area contributed by atoms with Gasteiger partial charge in [0.05, 0.1) is 6.61 Å². The third-order valence-electron chi connectivity index (χ3n) is 4.75. The third kappa shape index (κ3) is 7.44. The summed E-state index contributed by atoms with van der Waals surface area (Å²) in [5, 5.41) is 15.1. The fourth-order valence-corrected chi connectivity index (χ4v) is 2.89. The first-order chi connectivity index (χ1) is 13.0. The molecule has 1 amide bonds. The van der Waals surface area contributed by atoms with E-state index in [0.29, 0.717) is 26.2 Å². The number of guanidine groups is 1. The van der Waals surface area contributed by atoms with Crippen LogP contribution in [0.1, 0.15) is 51.2 Å². The number of nitrogens with zero attached hydrogens (tertiary/aromatic N) is 5. The van der Waals surface area contributed by atoms with Gasteiger partial charge in [-0.2, -0.15) is 0 Å². The Morgan fingerprint density at radius 2 is 2.00 bits per heavy atom. The highest BCUT2D eigenvalue weighted by Gasteiger charge is 2.24. The Balaban J connectivity index is 0.00000392. The zero-order chi connectivity index (χ0) is 19.6. The first-order valence-electron chi connectivity index (χ1n) is 9.86. The van der Waals surface area contributed by atoms with Gasteiger partial charge in [0.25, 0.3) is 0 Å². The average Bonchev–Trinajstić information content (AvgIpc) is 2.99. The average molecular weight is 507 g/mol. The lowest BCUT2D eigenvalue weighted by atomic mass is 10.1. The van der Waals surface area contributed by atoms with E-state index in [-0.39, 0.29) is 36.1 Å². The number of carbonyl (C=O) groups excluding carboxylic acids is 1. The molecule has 2 rings (SSSR count). The number of piperidine rings is 1. The minimum atomic E-state index is -0.219. The number of halogens is 1. The summed E-state index contributed by atoms with van der Waals surface area (Å²) in [6.07, 6.45) is 3.74. The molecule has 1 aromatic rings. The first kappa shape index (κ1) is 24.4. The fourth-order valence-electron chi connectivity index (χ4n) is 2.89. The molecule has 28 heavy (non-hydrogen) atoms. The lowest BCUT2D eigenvalue weighted by molar-refractivity contribution is 0.0963. The molecule has 1 aliphatic rings. The van der Waals surface area contributed by atoms with Gasteiger partial charge < -0.3 is 24.8 Å². The largest absolute Gasteiger partial charge is 0.450 e. The van der Waals surface area contributed by atoms with Crippen LogP contribution in [0.4, 0.5) is 4.79 Å². The van der Waals surface area contributed by atoms with Gasteiger partial charge in [-0.15, -0.1) is 34.2 Å². The molecular formula is C18H34IN7O2. The molecule has 0 radical (unpaired) electrons. The highest BCUT2D eigenvalue weighted by molar-refractivity contribution is 14.0. The summed E-state index contributed by atoms with van der Waals surface area (Å²) in [7, 11) is 1.95. The third-order valence-corrected chi connectivity index (χ3v) is 4.75. The monoisotopic (exact) mass is 507 g/mol. The summed E-state index contributed by atoms with van der Waals surface area (Å²) in [6.45, 7) is 9.08. The highest BCUT2D eigenvalue weighted by atomic mass is 127. The fraction of sp³-hybridized carbons (Fsp3) is 0.778. The molecule has 1 aromatic heterocycles. The van der Waals surface area contributed by atoms with E-state index in [2.05, 4.69) is 32.7 Å². The van der Waals surface area contributed by atoms with Crippen LogP contribution in [0.2, 0.25) is 0 Å². The van der Waals surface area contributed by atoms with Crippen LogP contribution in [0.5, 0.6) is 0 Å². The van der Waals surface area contributed by atoms with Crippen molar-refractivity contribution in [3.63, 3.8) is 0 Å². The molecule has 0 saturated carbocycles.